The maximum Gasteiger partial charge on any atom is 0.417 e. The maximum atomic E-state index is 13.7. The summed E-state index contributed by atoms with van der Waals surface area (Å²) in [5, 5.41) is 2.49. The van der Waals surface area contributed by atoms with Crippen molar-refractivity contribution in [2.24, 2.45) is 0 Å². The lowest BCUT2D eigenvalue weighted by Gasteiger charge is -2.29. The summed E-state index contributed by atoms with van der Waals surface area (Å²) in [5.41, 5.74) is 2.50. The molecular weight excluding hydrogens is 613 g/mol. The molecule has 0 atom stereocenters. The first-order valence-corrected chi connectivity index (χ1v) is 15.6. The molecule has 0 saturated carbocycles. The van der Waals surface area contributed by atoms with Gasteiger partial charge in [0.1, 0.15) is 11.4 Å². The summed E-state index contributed by atoms with van der Waals surface area (Å²) >= 11 is 6.34. The largest absolute Gasteiger partial charge is 0.493 e. The van der Waals surface area contributed by atoms with E-state index in [4.69, 9.17) is 21.1 Å². The number of ether oxygens (including phenoxy) is 2. The van der Waals surface area contributed by atoms with Crippen molar-refractivity contribution >= 4 is 23.4 Å². The Morgan fingerprint density at radius 3 is 2.07 bits per heavy atom. The van der Waals surface area contributed by atoms with E-state index < -0.39 is 23.4 Å². The molecular formula is C37H40ClF3N2O3. The van der Waals surface area contributed by atoms with Crippen molar-refractivity contribution in [3.8, 4) is 5.75 Å². The average Bonchev–Trinajstić information content (AvgIpc) is 3.00. The van der Waals surface area contributed by atoms with Crippen LogP contribution >= 0.6 is 11.6 Å². The molecule has 0 heterocycles. The third kappa shape index (κ3) is 9.99. The first kappa shape index (κ1) is 34.9. The van der Waals surface area contributed by atoms with E-state index in [1.165, 1.54) is 6.07 Å². The van der Waals surface area contributed by atoms with Crippen LogP contribution in [-0.4, -0.2) is 36.3 Å². The molecule has 4 aromatic carbocycles. The first-order valence-electron chi connectivity index (χ1n) is 15.2. The fourth-order valence-electron chi connectivity index (χ4n) is 5.22. The Morgan fingerprint density at radius 1 is 0.870 bits per heavy atom. The second kappa shape index (κ2) is 15.5. The minimum atomic E-state index is -4.55. The molecule has 244 valence electrons. The highest BCUT2D eigenvalue weighted by Gasteiger charge is 2.34. The molecule has 0 spiro atoms. The van der Waals surface area contributed by atoms with E-state index in [0.29, 0.717) is 43.1 Å². The average molecular weight is 653 g/mol. The number of nitrogens with zero attached hydrogens (tertiary/aromatic N) is 1. The van der Waals surface area contributed by atoms with Gasteiger partial charge in [0.15, 0.2) is 0 Å². The number of alkyl halides is 3. The zero-order chi connectivity index (χ0) is 33.3. The fourth-order valence-corrected chi connectivity index (χ4v) is 5.51. The molecule has 5 nitrogen and oxygen atoms in total. The number of halogens is 4. The number of nitrogens with one attached hydrogen (secondary N) is 1. The number of anilines is 1. The van der Waals surface area contributed by atoms with Crippen LogP contribution in [0, 0.1) is 6.92 Å². The molecule has 1 amide bonds. The lowest BCUT2D eigenvalue weighted by molar-refractivity contribution is -0.137. The summed E-state index contributed by atoms with van der Waals surface area (Å²) in [6.45, 7) is 8.92. The Labute approximate surface area is 274 Å². The Morgan fingerprint density at radius 2 is 1.48 bits per heavy atom. The number of hydrogen-bond donors (Lipinski definition) is 1. The number of carbonyl (C=O) groups excluding carboxylic acids is 1. The van der Waals surface area contributed by atoms with Gasteiger partial charge >= 0.3 is 12.3 Å². The van der Waals surface area contributed by atoms with Gasteiger partial charge in [0, 0.05) is 31.1 Å². The Bertz CT molecular complexity index is 1540. The highest BCUT2D eigenvalue weighted by molar-refractivity contribution is 6.32. The predicted molar refractivity (Wildman–Crippen MR) is 178 cm³/mol. The van der Waals surface area contributed by atoms with Crippen LogP contribution in [-0.2, 0) is 17.5 Å². The first-order chi connectivity index (χ1) is 21.8. The number of rotatable bonds is 12. The predicted octanol–water partition coefficient (Wildman–Crippen LogP) is 10.1. The fraction of sp³-hybridized carbons (Fsp3) is 0.324. The number of hydrogen-bond acceptors (Lipinski definition) is 4. The van der Waals surface area contributed by atoms with Crippen molar-refractivity contribution in [3.63, 3.8) is 0 Å². The highest BCUT2D eigenvalue weighted by Crippen LogP contribution is 2.37. The summed E-state index contributed by atoms with van der Waals surface area (Å²) in [6.07, 6.45) is -4.51. The van der Waals surface area contributed by atoms with E-state index in [1.54, 1.807) is 39.0 Å². The molecule has 0 aliphatic rings. The lowest BCUT2D eigenvalue weighted by Crippen LogP contribution is -2.31. The molecule has 0 aliphatic heterocycles. The molecule has 0 aromatic heterocycles. The maximum absolute atomic E-state index is 13.7. The standard InChI is InChI=1S/C37H40ClF3N2O3/c1-26-32(42-35(44)46-36(2,3)4)20-12-21-33(26)45-23-13-22-43(24-29-18-11-19-31(34(29)38)37(39,40)41)25-30(27-14-7-5-8-15-27)28-16-9-6-10-17-28/h5-12,14-21,30H,13,22-25H2,1-4H3,(H,42,44). The number of amides is 1. The summed E-state index contributed by atoms with van der Waals surface area (Å²) in [5.74, 6) is 0.596. The van der Waals surface area contributed by atoms with Crippen LogP contribution in [0.5, 0.6) is 5.75 Å². The van der Waals surface area contributed by atoms with Crippen molar-refractivity contribution in [1.29, 1.82) is 0 Å². The molecule has 0 unspecified atom stereocenters. The topological polar surface area (TPSA) is 50.8 Å². The zero-order valence-electron chi connectivity index (χ0n) is 26.5. The summed E-state index contributed by atoms with van der Waals surface area (Å²) in [4.78, 5) is 14.4. The van der Waals surface area contributed by atoms with E-state index >= 15 is 0 Å². The number of carbonyl (C=O) groups is 1. The van der Waals surface area contributed by atoms with Gasteiger partial charge < -0.3 is 9.47 Å². The molecule has 9 heteroatoms. The van der Waals surface area contributed by atoms with Gasteiger partial charge in [-0.15, -0.1) is 0 Å². The van der Waals surface area contributed by atoms with Crippen LogP contribution in [0.4, 0.5) is 23.7 Å². The smallest absolute Gasteiger partial charge is 0.417 e. The molecule has 1 N–H and O–H groups in total. The van der Waals surface area contributed by atoms with Crippen LogP contribution in [0.25, 0.3) is 0 Å². The molecule has 0 aliphatic carbocycles. The molecule has 4 aromatic rings. The van der Waals surface area contributed by atoms with Crippen molar-refractivity contribution in [3.05, 3.63) is 130 Å². The quantitative estimate of drug-likeness (QED) is 0.155. The summed E-state index contributed by atoms with van der Waals surface area (Å²) in [7, 11) is 0. The van der Waals surface area contributed by atoms with Gasteiger partial charge in [-0.25, -0.2) is 4.79 Å². The molecule has 46 heavy (non-hydrogen) atoms. The van der Waals surface area contributed by atoms with Crippen LogP contribution in [0.3, 0.4) is 0 Å². The molecule has 0 radical (unpaired) electrons. The van der Waals surface area contributed by atoms with Gasteiger partial charge in [-0.05, 0) is 69.0 Å². The van der Waals surface area contributed by atoms with Gasteiger partial charge in [0.25, 0.3) is 0 Å². The Kier molecular flexibility index (Phi) is 11.8. The summed E-state index contributed by atoms with van der Waals surface area (Å²) in [6, 6.07) is 29.6. The van der Waals surface area contributed by atoms with Crippen LogP contribution < -0.4 is 10.1 Å². The van der Waals surface area contributed by atoms with Gasteiger partial charge in [0.2, 0.25) is 0 Å². The van der Waals surface area contributed by atoms with Gasteiger partial charge in [0.05, 0.1) is 22.9 Å². The van der Waals surface area contributed by atoms with Gasteiger partial charge in [-0.2, -0.15) is 13.2 Å². The van der Waals surface area contributed by atoms with Crippen LogP contribution in [0.15, 0.2) is 97.1 Å². The molecule has 4 rings (SSSR count). The highest BCUT2D eigenvalue weighted by atomic mass is 35.5. The Balaban J connectivity index is 1.52. The normalized spacial score (nSPS) is 12.0. The van der Waals surface area contributed by atoms with Crippen molar-refractivity contribution in [1.82, 2.24) is 4.90 Å². The number of benzene rings is 4. The van der Waals surface area contributed by atoms with Crippen molar-refractivity contribution in [2.75, 3.05) is 25.0 Å². The third-order valence-electron chi connectivity index (χ3n) is 7.42. The van der Waals surface area contributed by atoms with Crippen LogP contribution in [0.1, 0.15) is 60.9 Å². The minimum Gasteiger partial charge on any atom is -0.493 e. The minimum absolute atomic E-state index is 0.0225. The van der Waals surface area contributed by atoms with Gasteiger partial charge in [-0.1, -0.05) is 90.5 Å². The van der Waals surface area contributed by atoms with E-state index in [2.05, 4.69) is 34.5 Å². The van der Waals surface area contributed by atoms with Crippen LogP contribution in [0.2, 0.25) is 5.02 Å². The zero-order valence-corrected chi connectivity index (χ0v) is 27.3. The second-order valence-electron chi connectivity index (χ2n) is 12.1. The molecule has 0 bridgehead atoms. The summed E-state index contributed by atoms with van der Waals surface area (Å²) < 4.78 is 52.6. The molecule has 0 saturated heterocycles. The Hall–Kier alpha value is -4.01. The van der Waals surface area contributed by atoms with Crippen molar-refractivity contribution in [2.45, 2.75) is 58.4 Å². The van der Waals surface area contributed by atoms with Gasteiger partial charge in [-0.3, -0.25) is 10.2 Å². The SMILES string of the molecule is Cc1c(NC(=O)OC(C)(C)C)cccc1OCCCN(Cc1cccc(C(F)(F)F)c1Cl)CC(c1ccccc1)c1ccccc1. The monoisotopic (exact) mass is 652 g/mol. The lowest BCUT2D eigenvalue weighted by atomic mass is 9.90. The third-order valence-corrected chi connectivity index (χ3v) is 7.86. The van der Waals surface area contributed by atoms with E-state index in [1.807, 2.05) is 49.4 Å². The van der Waals surface area contributed by atoms with E-state index in [-0.39, 0.29) is 17.5 Å². The second-order valence-corrected chi connectivity index (χ2v) is 12.5. The van der Waals surface area contributed by atoms with Crippen molar-refractivity contribution < 1.29 is 27.4 Å². The molecule has 0 fully saturated rings. The van der Waals surface area contributed by atoms with E-state index in [0.717, 1.165) is 22.8 Å². The van der Waals surface area contributed by atoms with E-state index in [9.17, 15) is 18.0 Å².